The molecular formula is C18H27FN4O4S. The topological polar surface area (TPSA) is 90.0 Å². The molecule has 1 heterocycles. The smallest absolute Gasteiger partial charge is 0.243 e. The van der Waals surface area contributed by atoms with E-state index in [-0.39, 0.29) is 42.9 Å². The molecule has 0 atom stereocenters. The first-order chi connectivity index (χ1) is 13.3. The van der Waals surface area contributed by atoms with Crippen LogP contribution in [0, 0.1) is 5.82 Å². The lowest BCUT2D eigenvalue weighted by molar-refractivity contribution is -0.137. The number of amides is 2. The molecule has 0 aromatic heterocycles. The minimum atomic E-state index is -3.76. The predicted molar refractivity (Wildman–Crippen MR) is 103 cm³/mol. The van der Waals surface area contributed by atoms with Gasteiger partial charge in [0, 0.05) is 39.3 Å². The summed E-state index contributed by atoms with van der Waals surface area (Å²) in [5, 5.41) is 2.66. The second-order valence-electron chi connectivity index (χ2n) is 6.50. The molecule has 1 aromatic carbocycles. The zero-order valence-electron chi connectivity index (χ0n) is 16.2. The van der Waals surface area contributed by atoms with Crippen molar-refractivity contribution in [3.8, 4) is 0 Å². The van der Waals surface area contributed by atoms with Crippen molar-refractivity contribution in [1.29, 1.82) is 0 Å². The van der Waals surface area contributed by atoms with E-state index in [2.05, 4.69) is 5.32 Å². The van der Waals surface area contributed by atoms with Crippen LogP contribution < -0.4 is 5.32 Å². The van der Waals surface area contributed by atoms with Crippen LogP contribution in [0.3, 0.4) is 0 Å². The van der Waals surface area contributed by atoms with Crippen molar-refractivity contribution in [2.24, 2.45) is 0 Å². The number of rotatable bonds is 8. The third-order valence-electron chi connectivity index (χ3n) is 4.57. The van der Waals surface area contributed by atoms with Crippen LogP contribution in [0.2, 0.25) is 0 Å². The molecule has 28 heavy (non-hydrogen) atoms. The van der Waals surface area contributed by atoms with E-state index >= 15 is 0 Å². The maximum atomic E-state index is 13.4. The van der Waals surface area contributed by atoms with Gasteiger partial charge in [0.15, 0.2) is 0 Å². The van der Waals surface area contributed by atoms with Gasteiger partial charge in [0.1, 0.15) is 5.82 Å². The SMILES string of the molecule is CCNC(=O)CN(CC)C(=O)CN1CCN(S(=O)(=O)c2cccc(F)c2)CC1. The van der Waals surface area contributed by atoms with Gasteiger partial charge < -0.3 is 10.2 Å². The molecule has 1 saturated heterocycles. The van der Waals surface area contributed by atoms with Crippen molar-refractivity contribution >= 4 is 21.8 Å². The summed E-state index contributed by atoms with van der Waals surface area (Å²) < 4.78 is 39.9. The summed E-state index contributed by atoms with van der Waals surface area (Å²) in [6.45, 7) is 5.89. The number of halogens is 1. The molecule has 1 aliphatic heterocycles. The lowest BCUT2D eigenvalue weighted by Crippen LogP contribution is -2.52. The number of carbonyl (C=O) groups is 2. The Bertz CT molecular complexity index is 795. The molecule has 2 rings (SSSR count). The number of hydrogen-bond donors (Lipinski definition) is 1. The van der Waals surface area contributed by atoms with Gasteiger partial charge in [-0.3, -0.25) is 14.5 Å². The Morgan fingerprint density at radius 3 is 2.43 bits per heavy atom. The normalized spacial score (nSPS) is 16.0. The number of sulfonamides is 1. The van der Waals surface area contributed by atoms with E-state index in [1.54, 1.807) is 6.92 Å². The number of nitrogens with zero attached hydrogens (tertiary/aromatic N) is 3. The number of hydrogen-bond acceptors (Lipinski definition) is 5. The van der Waals surface area contributed by atoms with Gasteiger partial charge in [-0.1, -0.05) is 6.07 Å². The van der Waals surface area contributed by atoms with E-state index in [0.717, 1.165) is 6.07 Å². The molecule has 10 heteroatoms. The van der Waals surface area contributed by atoms with Crippen LogP contribution in [0.15, 0.2) is 29.2 Å². The summed E-state index contributed by atoms with van der Waals surface area (Å²) in [6, 6.07) is 4.94. The molecule has 0 spiro atoms. The minimum absolute atomic E-state index is 0.0110. The lowest BCUT2D eigenvalue weighted by Gasteiger charge is -2.34. The molecule has 0 aliphatic carbocycles. The zero-order chi connectivity index (χ0) is 20.7. The molecule has 1 fully saturated rings. The Labute approximate surface area is 165 Å². The molecule has 0 bridgehead atoms. The van der Waals surface area contributed by atoms with E-state index in [4.69, 9.17) is 0 Å². The fourth-order valence-electron chi connectivity index (χ4n) is 3.00. The lowest BCUT2D eigenvalue weighted by atomic mass is 10.3. The highest BCUT2D eigenvalue weighted by atomic mass is 32.2. The minimum Gasteiger partial charge on any atom is -0.355 e. The molecule has 1 aromatic rings. The average Bonchev–Trinajstić information content (AvgIpc) is 2.66. The van der Waals surface area contributed by atoms with Crippen LogP contribution in [0.25, 0.3) is 0 Å². The molecule has 0 saturated carbocycles. The standard InChI is InChI=1S/C18H27FN4O4S/c1-3-20-17(24)13-22(4-2)18(25)14-21-8-10-23(11-9-21)28(26,27)16-7-5-6-15(19)12-16/h5-7,12H,3-4,8-11,13-14H2,1-2H3,(H,20,24). The molecule has 156 valence electrons. The van der Waals surface area contributed by atoms with E-state index in [1.165, 1.54) is 27.4 Å². The number of carbonyl (C=O) groups excluding carboxylic acids is 2. The average molecular weight is 415 g/mol. The third-order valence-corrected chi connectivity index (χ3v) is 6.46. The van der Waals surface area contributed by atoms with Gasteiger partial charge in [0.25, 0.3) is 0 Å². The van der Waals surface area contributed by atoms with Gasteiger partial charge in [-0.15, -0.1) is 0 Å². The maximum Gasteiger partial charge on any atom is 0.243 e. The first-order valence-corrected chi connectivity index (χ1v) is 10.7. The molecular weight excluding hydrogens is 387 g/mol. The van der Waals surface area contributed by atoms with Crippen molar-refractivity contribution in [3.05, 3.63) is 30.1 Å². The number of benzene rings is 1. The highest BCUT2D eigenvalue weighted by Crippen LogP contribution is 2.18. The van der Waals surface area contributed by atoms with Crippen LogP contribution in [-0.2, 0) is 19.6 Å². The Kier molecular flexibility index (Phi) is 7.90. The van der Waals surface area contributed by atoms with Crippen LogP contribution in [0.4, 0.5) is 4.39 Å². The third kappa shape index (κ3) is 5.73. The van der Waals surface area contributed by atoms with Gasteiger partial charge in [-0.2, -0.15) is 4.31 Å². The summed E-state index contributed by atoms with van der Waals surface area (Å²) in [6.07, 6.45) is 0. The van der Waals surface area contributed by atoms with Gasteiger partial charge in [0.05, 0.1) is 18.0 Å². The maximum absolute atomic E-state index is 13.4. The molecule has 0 unspecified atom stereocenters. The number of nitrogens with one attached hydrogen (secondary N) is 1. The van der Waals surface area contributed by atoms with E-state index in [1.807, 2.05) is 11.8 Å². The monoisotopic (exact) mass is 414 g/mol. The summed E-state index contributed by atoms with van der Waals surface area (Å²) in [5.74, 6) is -0.976. The Balaban J connectivity index is 1.91. The predicted octanol–water partition coefficient (Wildman–Crippen LogP) is 0.117. The first-order valence-electron chi connectivity index (χ1n) is 9.30. The molecule has 8 nitrogen and oxygen atoms in total. The fraction of sp³-hybridized carbons (Fsp3) is 0.556. The number of piperazine rings is 1. The molecule has 1 aliphatic rings. The van der Waals surface area contributed by atoms with Gasteiger partial charge in [-0.05, 0) is 32.0 Å². The van der Waals surface area contributed by atoms with Crippen LogP contribution in [0.5, 0.6) is 0 Å². The van der Waals surface area contributed by atoms with Crippen LogP contribution >= 0.6 is 0 Å². The second kappa shape index (κ2) is 9.94. The summed E-state index contributed by atoms with van der Waals surface area (Å²) >= 11 is 0. The Morgan fingerprint density at radius 2 is 1.86 bits per heavy atom. The van der Waals surface area contributed by atoms with Crippen molar-refractivity contribution in [2.45, 2.75) is 18.7 Å². The van der Waals surface area contributed by atoms with Gasteiger partial charge in [0.2, 0.25) is 21.8 Å². The summed E-state index contributed by atoms with van der Waals surface area (Å²) in [7, 11) is -3.76. The van der Waals surface area contributed by atoms with E-state index in [0.29, 0.717) is 26.2 Å². The van der Waals surface area contributed by atoms with Crippen LogP contribution in [-0.4, -0.2) is 86.7 Å². The summed E-state index contributed by atoms with van der Waals surface area (Å²) in [4.78, 5) is 27.4. The zero-order valence-corrected chi connectivity index (χ0v) is 17.0. The molecule has 0 radical (unpaired) electrons. The number of likely N-dealkylation sites (N-methyl/N-ethyl adjacent to an activating group) is 2. The van der Waals surface area contributed by atoms with E-state index in [9.17, 15) is 22.4 Å². The van der Waals surface area contributed by atoms with Crippen molar-refractivity contribution in [3.63, 3.8) is 0 Å². The van der Waals surface area contributed by atoms with Gasteiger partial charge in [-0.25, -0.2) is 12.8 Å². The van der Waals surface area contributed by atoms with Crippen molar-refractivity contribution < 1.29 is 22.4 Å². The van der Waals surface area contributed by atoms with Gasteiger partial charge >= 0.3 is 0 Å². The highest BCUT2D eigenvalue weighted by molar-refractivity contribution is 7.89. The van der Waals surface area contributed by atoms with Crippen molar-refractivity contribution in [1.82, 2.24) is 19.4 Å². The fourth-order valence-corrected chi connectivity index (χ4v) is 4.45. The largest absolute Gasteiger partial charge is 0.355 e. The van der Waals surface area contributed by atoms with E-state index < -0.39 is 15.8 Å². The summed E-state index contributed by atoms with van der Waals surface area (Å²) in [5.41, 5.74) is 0. The quantitative estimate of drug-likeness (QED) is 0.653. The molecule has 2 amide bonds. The Morgan fingerprint density at radius 1 is 1.18 bits per heavy atom. The molecule has 1 N–H and O–H groups in total. The highest BCUT2D eigenvalue weighted by Gasteiger charge is 2.30. The van der Waals surface area contributed by atoms with Crippen LogP contribution in [0.1, 0.15) is 13.8 Å². The first kappa shape index (κ1) is 22.3. The van der Waals surface area contributed by atoms with Crippen molar-refractivity contribution in [2.75, 3.05) is 52.4 Å². The Hall–Kier alpha value is -2.04. The second-order valence-corrected chi connectivity index (χ2v) is 8.44.